The standard InChI is InChI=1S/C21H18BrN3O5S2/c1-13-2-4-17(5-3-13)32(28,29)25-16(9-23-21(26)27)6-14-7-18(22)20(8-19(14)25)30-10-15-11-31-12-24-15/h2-8,11-12,23H,9-10H2,1H3,(H,26,27). The number of nitrogens with zero attached hydrogens (tertiary/aromatic N) is 2. The Morgan fingerprint density at radius 2 is 2.00 bits per heavy atom. The average Bonchev–Trinajstić information content (AvgIpc) is 3.38. The number of thiazole rings is 1. The van der Waals surface area contributed by atoms with E-state index in [-0.39, 0.29) is 23.7 Å². The fraction of sp³-hybridized carbons (Fsp3) is 0.143. The number of rotatable bonds is 7. The molecule has 0 bridgehead atoms. The number of hydrogen-bond donors (Lipinski definition) is 2. The van der Waals surface area contributed by atoms with Gasteiger partial charge in [-0.05, 0) is 47.1 Å². The molecule has 0 fully saturated rings. The van der Waals surface area contributed by atoms with E-state index in [1.54, 1.807) is 35.8 Å². The molecule has 0 aliphatic rings. The van der Waals surface area contributed by atoms with Crippen molar-refractivity contribution in [1.29, 1.82) is 0 Å². The fourth-order valence-electron chi connectivity index (χ4n) is 3.20. The van der Waals surface area contributed by atoms with E-state index in [9.17, 15) is 13.2 Å². The lowest BCUT2D eigenvalue weighted by atomic mass is 10.2. The minimum absolute atomic E-state index is 0.102. The number of nitrogens with one attached hydrogen (secondary N) is 1. The summed E-state index contributed by atoms with van der Waals surface area (Å²) in [5.41, 5.74) is 4.06. The first-order chi connectivity index (χ1) is 15.3. The molecule has 2 N–H and O–H groups in total. The van der Waals surface area contributed by atoms with Crippen molar-refractivity contribution in [2.45, 2.75) is 25.0 Å². The molecule has 2 heterocycles. The number of halogens is 1. The zero-order chi connectivity index (χ0) is 22.9. The first-order valence-corrected chi connectivity index (χ1v) is 12.6. The Morgan fingerprint density at radius 3 is 2.66 bits per heavy atom. The van der Waals surface area contributed by atoms with E-state index in [2.05, 4.69) is 26.2 Å². The van der Waals surface area contributed by atoms with Gasteiger partial charge >= 0.3 is 6.09 Å². The molecular formula is C21H18BrN3O5S2. The SMILES string of the molecule is Cc1ccc(S(=O)(=O)n2c(CNC(=O)O)cc3cc(Br)c(OCc4cscn4)cc32)cc1. The minimum Gasteiger partial charge on any atom is -0.486 e. The molecule has 2 aromatic carbocycles. The Hall–Kier alpha value is -2.89. The van der Waals surface area contributed by atoms with Crippen LogP contribution in [-0.4, -0.2) is 28.6 Å². The predicted molar refractivity (Wildman–Crippen MR) is 125 cm³/mol. The maximum absolute atomic E-state index is 13.6. The molecule has 0 saturated carbocycles. The molecule has 8 nitrogen and oxygen atoms in total. The second-order valence-electron chi connectivity index (χ2n) is 6.99. The minimum atomic E-state index is -4.00. The van der Waals surface area contributed by atoms with E-state index in [1.165, 1.54) is 23.5 Å². The molecule has 0 spiro atoms. The van der Waals surface area contributed by atoms with Gasteiger partial charge in [0.1, 0.15) is 12.4 Å². The molecule has 32 heavy (non-hydrogen) atoms. The molecular weight excluding hydrogens is 518 g/mol. The van der Waals surface area contributed by atoms with Crippen molar-refractivity contribution in [3.05, 3.63) is 74.8 Å². The van der Waals surface area contributed by atoms with Crippen LogP contribution in [0.5, 0.6) is 5.75 Å². The van der Waals surface area contributed by atoms with Crippen LogP contribution in [-0.2, 0) is 23.2 Å². The number of ether oxygens (including phenoxy) is 1. The number of carboxylic acid groups (broad SMARTS) is 1. The van der Waals surface area contributed by atoms with Crippen LogP contribution in [0.3, 0.4) is 0 Å². The van der Waals surface area contributed by atoms with Crippen molar-refractivity contribution in [3.63, 3.8) is 0 Å². The second kappa shape index (κ2) is 8.93. The summed E-state index contributed by atoms with van der Waals surface area (Å²) in [4.78, 5) is 15.3. The summed E-state index contributed by atoms with van der Waals surface area (Å²) in [6, 6.07) is 11.5. The molecule has 166 valence electrons. The van der Waals surface area contributed by atoms with Crippen LogP contribution in [0.15, 0.2) is 62.7 Å². The molecule has 4 rings (SSSR count). The Balaban J connectivity index is 1.84. The van der Waals surface area contributed by atoms with Gasteiger partial charge in [0.05, 0.1) is 38.3 Å². The molecule has 0 radical (unpaired) electrons. The third kappa shape index (κ3) is 4.50. The van der Waals surface area contributed by atoms with Gasteiger partial charge in [-0.3, -0.25) is 0 Å². The molecule has 1 amide bonds. The number of hydrogen-bond acceptors (Lipinski definition) is 6. The topological polar surface area (TPSA) is 111 Å². The largest absolute Gasteiger partial charge is 0.486 e. The van der Waals surface area contributed by atoms with E-state index in [4.69, 9.17) is 9.84 Å². The molecule has 0 unspecified atom stereocenters. The van der Waals surface area contributed by atoms with Crippen LogP contribution in [0.1, 0.15) is 17.0 Å². The first kappa shape index (κ1) is 22.3. The van der Waals surface area contributed by atoms with E-state index in [1.807, 2.05) is 12.3 Å². The third-order valence-electron chi connectivity index (χ3n) is 4.72. The van der Waals surface area contributed by atoms with Gasteiger partial charge in [-0.25, -0.2) is 22.2 Å². The summed E-state index contributed by atoms with van der Waals surface area (Å²) in [5.74, 6) is 0.446. The molecule has 0 atom stereocenters. The Bertz CT molecular complexity index is 1380. The number of amides is 1. The molecule has 11 heteroatoms. The number of aryl methyl sites for hydroxylation is 1. The van der Waals surface area contributed by atoms with Gasteiger partial charge in [0.15, 0.2) is 0 Å². The predicted octanol–water partition coefficient (Wildman–Crippen LogP) is 4.75. The monoisotopic (exact) mass is 535 g/mol. The molecule has 4 aromatic rings. The van der Waals surface area contributed by atoms with Gasteiger partial charge in [-0.15, -0.1) is 11.3 Å². The van der Waals surface area contributed by atoms with Gasteiger partial charge in [0.2, 0.25) is 0 Å². The lowest BCUT2D eigenvalue weighted by molar-refractivity contribution is 0.193. The Labute approximate surface area is 196 Å². The van der Waals surface area contributed by atoms with E-state index in [0.29, 0.717) is 21.1 Å². The van der Waals surface area contributed by atoms with Crippen LogP contribution >= 0.6 is 27.3 Å². The maximum atomic E-state index is 13.6. The van der Waals surface area contributed by atoms with Gasteiger partial charge in [-0.1, -0.05) is 17.7 Å². The van der Waals surface area contributed by atoms with Crippen LogP contribution in [0.4, 0.5) is 4.79 Å². The molecule has 0 saturated heterocycles. The van der Waals surface area contributed by atoms with Gasteiger partial charge in [-0.2, -0.15) is 0 Å². The normalized spacial score (nSPS) is 11.6. The fourth-order valence-corrected chi connectivity index (χ4v) is 5.75. The summed E-state index contributed by atoms with van der Waals surface area (Å²) in [7, 11) is -4.00. The lowest BCUT2D eigenvalue weighted by Crippen LogP contribution is -2.24. The number of fused-ring (bicyclic) bond motifs is 1. The highest BCUT2D eigenvalue weighted by atomic mass is 79.9. The highest BCUT2D eigenvalue weighted by Gasteiger charge is 2.24. The lowest BCUT2D eigenvalue weighted by Gasteiger charge is -2.13. The van der Waals surface area contributed by atoms with Crippen LogP contribution in [0.2, 0.25) is 0 Å². The zero-order valence-corrected chi connectivity index (χ0v) is 20.0. The van der Waals surface area contributed by atoms with Gasteiger partial charge < -0.3 is 15.2 Å². The molecule has 0 aliphatic heterocycles. The summed E-state index contributed by atoms with van der Waals surface area (Å²) in [5, 5.41) is 13.8. The number of aromatic nitrogens is 2. The van der Waals surface area contributed by atoms with Crippen molar-refractivity contribution in [1.82, 2.24) is 14.3 Å². The van der Waals surface area contributed by atoms with Crippen LogP contribution in [0, 0.1) is 6.92 Å². The van der Waals surface area contributed by atoms with Gasteiger partial charge in [0.25, 0.3) is 10.0 Å². The van der Waals surface area contributed by atoms with Crippen LogP contribution in [0.25, 0.3) is 10.9 Å². The molecule has 0 aliphatic carbocycles. The smallest absolute Gasteiger partial charge is 0.404 e. The summed E-state index contributed by atoms with van der Waals surface area (Å²) >= 11 is 4.93. The van der Waals surface area contributed by atoms with Crippen molar-refractivity contribution in [3.8, 4) is 5.75 Å². The van der Waals surface area contributed by atoms with E-state index in [0.717, 1.165) is 15.2 Å². The Kier molecular flexibility index (Phi) is 6.22. The van der Waals surface area contributed by atoms with E-state index >= 15 is 0 Å². The number of carbonyl (C=O) groups is 1. The highest BCUT2D eigenvalue weighted by molar-refractivity contribution is 9.10. The summed E-state index contributed by atoms with van der Waals surface area (Å²) < 4.78 is 34.8. The van der Waals surface area contributed by atoms with Crippen molar-refractivity contribution < 1.29 is 23.1 Å². The maximum Gasteiger partial charge on any atom is 0.404 e. The summed E-state index contributed by atoms with van der Waals surface area (Å²) in [6.07, 6.45) is -1.25. The van der Waals surface area contributed by atoms with Crippen LogP contribution < -0.4 is 10.1 Å². The Morgan fingerprint density at radius 1 is 1.25 bits per heavy atom. The third-order valence-corrected chi connectivity index (χ3v) is 7.76. The zero-order valence-electron chi connectivity index (χ0n) is 16.8. The van der Waals surface area contributed by atoms with E-state index < -0.39 is 16.1 Å². The quantitative estimate of drug-likeness (QED) is 0.353. The average molecular weight is 536 g/mol. The summed E-state index contributed by atoms with van der Waals surface area (Å²) in [6.45, 7) is 1.92. The molecule has 2 aromatic heterocycles. The highest BCUT2D eigenvalue weighted by Crippen LogP contribution is 2.35. The second-order valence-corrected chi connectivity index (χ2v) is 10.3. The first-order valence-electron chi connectivity index (χ1n) is 9.38. The number of benzene rings is 2. The van der Waals surface area contributed by atoms with Crippen molar-refractivity contribution >= 4 is 54.3 Å². The van der Waals surface area contributed by atoms with Crippen molar-refractivity contribution in [2.75, 3.05) is 0 Å². The van der Waals surface area contributed by atoms with Crippen molar-refractivity contribution in [2.24, 2.45) is 0 Å². The van der Waals surface area contributed by atoms with Gasteiger partial charge in [0, 0.05) is 16.8 Å².